The third-order valence-electron chi connectivity index (χ3n) is 9.22. The predicted octanol–water partition coefficient (Wildman–Crippen LogP) is 14.0. The van der Waals surface area contributed by atoms with Gasteiger partial charge in [-0.3, -0.25) is 0 Å². The van der Waals surface area contributed by atoms with Crippen molar-refractivity contribution in [2.75, 3.05) is 0 Å². The van der Waals surface area contributed by atoms with E-state index in [0.29, 0.717) is 51.1 Å². The Labute approximate surface area is 370 Å². The summed E-state index contributed by atoms with van der Waals surface area (Å²) in [6, 6.07) is 41.1. The van der Waals surface area contributed by atoms with Gasteiger partial charge in [0, 0.05) is 54.4 Å². The molecule has 0 unspecified atom stereocenters. The molecule has 0 aliphatic heterocycles. The first-order valence-electron chi connectivity index (χ1n) is 23.3. The van der Waals surface area contributed by atoms with Crippen molar-refractivity contribution in [3.8, 4) is 50.8 Å². The topological polar surface area (TPSA) is 62.7 Å². The average Bonchev–Trinajstić information content (AvgIpc) is 3.64. The molecule has 0 fully saturated rings. The Hall–Kier alpha value is -5.66. The van der Waals surface area contributed by atoms with Gasteiger partial charge >= 0.3 is 0 Å². The summed E-state index contributed by atoms with van der Waals surface area (Å²) in [5, 5.41) is 11.5. The average molecular weight is 945 g/mol. The number of nitrogens with zero attached hydrogens (tertiary/aromatic N) is 3. The number of aromatic nitrogens is 2. The molecule has 8 rings (SSSR count). The van der Waals surface area contributed by atoms with Gasteiger partial charge in [0.1, 0.15) is 5.58 Å². The van der Waals surface area contributed by atoms with Crippen LogP contribution < -0.4 is 0 Å². The third kappa shape index (κ3) is 9.54. The fourth-order valence-corrected chi connectivity index (χ4v) is 6.87. The van der Waals surface area contributed by atoms with Crippen LogP contribution in [0.5, 0.6) is 0 Å². The third-order valence-corrected chi connectivity index (χ3v) is 9.22. The molecule has 0 saturated heterocycles. The minimum absolute atomic E-state index is 0. The number of furan rings is 1. The van der Waals surface area contributed by atoms with Crippen LogP contribution in [-0.4, -0.2) is 9.97 Å². The Morgan fingerprint density at radius 2 is 1.48 bits per heavy atom. The second kappa shape index (κ2) is 17.5. The molecule has 3 heterocycles. The van der Waals surface area contributed by atoms with Crippen molar-refractivity contribution in [1.82, 2.24) is 9.97 Å². The van der Waals surface area contributed by atoms with Crippen LogP contribution in [-0.2, 0) is 32.9 Å². The Balaban J connectivity index is 0.000000310. The van der Waals surface area contributed by atoms with E-state index in [1.807, 2.05) is 120 Å². The molecular weight excluding hydrogens is 887 g/mol. The molecule has 293 valence electrons. The Bertz CT molecular complexity index is 3090. The maximum Gasteiger partial charge on any atom is 0.130 e. The largest absolute Gasteiger partial charge is 0.500 e. The van der Waals surface area contributed by atoms with Gasteiger partial charge in [0.2, 0.25) is 0 Å². The van der Waals surface area contributed by atoms with Crippen LogP contribution in [0, 0.1) is 48.0 Å². The van der Waals surface area contributed by atoms with Crippen molar-refractivity contribution in [3.05, 3.63) is 168 Å². The monoisotopic (exact) mass is 945 g/mol. The van der Waals surface area contributed by atoms with Gasteiger partial charge < -0.3 is 14.4 Å². The van der Waals surface area contributed by atoms with Crippen molar-refractivity contribution in [2.24, 2.45) is 10.8 Å². The zero-order valence-corrected chi connectivity index (χ0v) is 35.7. The van der Waals surface area contributed by atoms with Gasteiger partial charge in [-0.05, 0) is 93.7 Å². The summed E-state index contributed by atoms with van der Waals surface area (Å²) in [7, 11) is 0. The molecule has 1 radical (unpaired) electrons. The van der Waals surface area contributed by atoms with E-state index in [4.69, 9.17) is 16.8 Å². The molecule has 4 nitrogen and oxygen atoms in total. The second-order valence-electron chi connectivity index (χ2n) is 16.3. The molecule has 0 aliphatic carbocycles. The predicted molar refractivity (Wildman–Crippen MR) is 236 cm³/mol. The smallest absolute Gasteiger partial charge is 0.130 e. The van der Waals surface area contributed by atoms with Gasteiger partial charge in [-0.15, -0.1) is 54.1 Å². The van der Waals surface area contributed by atoms with E-state index in [1.165, 1.54) is 12.3 Å². The van der Waals surface area contributed by atoms with Gasteiger partial charge in [0.05, 0.1) is 18.6 Å². The van der Waals surface area contributed by atoms with Crippen molar-refractivity contribution in [1.29, 1.82) is 5.26 Å². The second-order valence-corrected chi connectivity index (χ2v) is 16.3. The maximum atomic E-state index is 9.94. The quantitative estimate of drug-likeness (QED) is 0.156. The Morgan fingerprint density at radius 1 is 0.724 bits per heavy atom. The summed E-state index contributed by atoms with van der Waals surface area (Å²) in [5.74, 6) is 0. The molecule has 0 saturated carbocycles. The van der Waals surface area contributed by atoms with Crippen molar-refractivity contribution >= 4 is 21.9 Å². The van der Waals surface area contributed by atoms with Crippen molar-refractivity contribution in [2.45, 2.75) is 68.0 Å². The minimum Gasteiger partial charge on any atom is -0.500 e. The van der Waals surface area contributed by atoms with E-state index in [1.54, 1.807) is 30.5 Å². The first-order valence-corrected chi connectivity index (χ1v) is 18.8. The zero-order chi connectivity index (χ0) is 48.0. The molecule has 8 aromatic rings. The molecule has 5 heteroatoms. The Kier molecular flexibility index (Phi) is 9.43. The van der Waals surface area contributed by atoms with Crippen LogP contribution in [0.25, 0.3) is 66.7 Å². The molecule has 0 atom stereocenters. The molecule has 0 aliphatic rings. The maximum absolute atomic E-state index is 9.94. The fraction of sp³-hybridized carbons (Fsp3) is 0.226. The summed E-state index contributed by atoms with van der Waals surface area (Å²) in [4.78, 5) is 8.88. The van der Waals surface area contributed by atoms with Crippen LogP contribution >= 0.6 is 0 Å². The van der Waals surface area contributed by atoms with Crippen LogP contribution in [0.4, 0.5) is 0 Å². The number of hydrogen-bond donors (Lipinski definition) is 0. The minimum atomic E-state index is -2.64. The number of rotatable bonds is 6. The molecule has 3 aromatic heterocycles. The van der Waals surface area contributed by atoms with Crippen molar-refractivity contribution in [3.63, 3.8) is 0 Å². The van der Waals surface area contributed by atoms with E-state index in [-0.39, 0.29) is 53.8 Å². The molecule has 0 bridgehead atoms. The van der Waals surface area contributed by atoms with Gasteiger partial charge in [0.25, 0.3) is 0 Å². The van der Waals surface area contributed by atoms with E-state index in [9.17, 15) is 5.26 Å². The molecule has 58 heavy (non-hydrogen) atoms. The SMILES string of the molecule is [2H]C([2H])(c1ccc(-c2[c-]cccc2)nc1)C(C)(C)C.[2H]c1cc(CC(C)(C)C)cc(C([2H])([2H])[2H])c1-c1cc(-c2[c-]ccc3c2oc2c(-c4ccccc4)c(C#N)ccc23)ncc1C([2H])([2H])[2H].[Ir]. The van der Waals surface area contributed by atoms with E-state index >= 15 is 0 Å². The number of fused-ring (bicyclic) bond motifs is 3. The Morgan fingerprint density at radius 3 is 2.16 bits per heavy atom. The van der Waals surface area contributed by atoms with E-state index < -0.39 is 25.5 Å². The van der Waals surface area contributed by atoms with Gasteiger partial charge in [-0.1, -0.05) is 125 Å². The number of benzene rings is 5. The van der Waals surface area contributed by atoms with Crippen LogP contribution in [0.3, 0.4) is 0 Å². The molecule has 5 aromatic carbocycles. The normalized spacial score (nSPS) is 14.4. The zero-order valence-electron chi connectivity index (χ0n) is 42.3. The van der Waals surface area contributed by atoms with Gasteiger partial charge in [-0.25, -0.2) is 0 Å². The number of hydrogen-bond acceptors (Lipinski definition) is 4. The van der Waals surface area contributed by atoms with Crippen LogP contribution in [0.2, 0.25) is 0 Å². The number of pyridine rings is 2. The van der Waals surface area contributed by atoms with E-state index in [0.717, 1.165) is 27.6 Å². The van der Waals surface area contributed by atoms with Gasteiger partial charge in [0.15, 0.2) is 0 Å². The summed E-state index contributed by atoms with van der Waals surface area (Å²) >= 11 is 0. The number of nitriles is 1. The fourth-order valence-electron chi connectivity index (χ4n) is 6.87. The summed E-state index contributed by atoms with van der Waals surface area (Å²) < 4.78 is 81.9. The first kappa shape index (κ1) is 31.3. The summed E-state index contributed by atoms with van der Waals surface area (Å²) in [6.07, 6.45) is 1.99. The summed E-state index contributed by atoms with van der Waals surface area (Å²) in [5.41, 5.74) is 5.86. The standard InChI is InChI=1S/C37H31N2O.C16H18N.Ir/c1-23-18-25(20-37(3,4)5)14-16-28(23)32-19-33(39-22-24(32)2)31-13-9-12-29-30-17-15-27(21-38)34(36(30)40-35(29)31)26-10-7-6-8-11-26;1-16(2,3)11-13-9-10-15(17-12-13)14-7-5-4-6-8-14;/h6-12,14-19,22H,20H2,1-5H3;4-7,9-10,12H,11H2,1-3H3;/q2*-1;/i1D3,2D3,16D;11D2;. The molecule has 0 spiro atoms. The first-order chi connectivity index (χ1) is 30.9. The van der Waals surface area contributed by atoms with Crippen LogP contribution in [0.1, 0.15) is 81.7 Å². The molecule has 0 N–H and O–H groups in total. The van der Waals surface area contributed by atoms with Crippen LogP contribution in [0.15, 0.2) is 132 Å². The van der Waals surface area contributed by atoms with Crippen molar-refractivity contribution < 1.29 is 36.9 Å². The summed E-state index contributed by atoms with van der Waals surface area (Å²) in [6.45, 7) is 6.51. The number of aryl methyl sites for hydroxylation is 2. The van der Waals surface area contributed by atoms with Gasteiger partial charge in [-0.2, -0.15) is 5.26 Å². The molecule has 0 amide bonds. The molecular formula is C53H49IrN3O-2. The van der Waals surface area contributed by atoms with E-state index in [2.05, 4.69) is 28.2 Å².